The Morgan fingerprint density at radius 2 is 1.86 bits per heavy atom. The summed E-state index contributed by atoms with van der Waals surface area (Å²) >= 11 is 0.294. The molecular weight excluding hydrogens is 355 g/mol. The zero-order valence-corrected chi connectivity index (χ0v) is 18.3. The molecule has 0 atom stereocenters. The molecule has 1 aromatic rings. The molecule has 0 amide bonds. The average molecular weight is 386 g/mol. The Kier molecular flexibility index (Phi) is 6.14. The summed E-state index contributed by atoms with van der Waals surface area (Å²) in [7, 11) is -1.39. The Balaban J connectivity index is 1.87. The van der Waals surface area contributed by atoms with Crippen LogP contribution in [0.1, 0.15) is 6.42 Å². The minimum absolute atomic E-state index is 1.28. The molecule has 0 unspecified atom stereocenters. The second-order valence-electron chi connectivity index (χ2n) is 7.86. The van der Waals surface area contributed by atoms with Crippen molar-refractivity contribution in [3.05, 3.63) is 12.1 Å². The first kappa shape index (κ1) is 17.7. The van der Waals surface area contributed by atoms with Crippen LogP contribution in [0.3, 0.4) is 0 Å². The fourth-order valence-electron chi connectivity index (χ4n) is 2.80. The van der Waals surface area contributed by atoms with Gasteiger partial charge in [-0.2, -0.15) is 0 Å². The van der Waals surface area contributed by atoms with Gasteiger partial charge in [0.1, 0.15) is 0 Å². The molecule has 0 bridgehead atoms. The molecule has 2 nitrogen and oxygen atoms in total. The summed E-state index contributed by atoms with van der Waals surface area (Å²) in [6.45, 7) is 8.79. The van der Waals surface area contributed by atoms with Crippen LogP contribution in [-0.2, 0) is 0 Å². The molecule has 0 aromatic carbocycles. The third-order valence-electron chi connectivity index (χ3n) is 4.39. The van der Waals surface area contributed by atoms with Crippen LogP contribution in [0.15, 0.2) is 16.5 Å². The van der Waals surface area contributed by atoms with E-state index in [1.165, 1.54) is 53.6 Å². The first-order valence-electron chi connectivity index (χ1n) is 8.20. The minimum atomic E-state index is -1.80. The standard InChI is InChI=1S/C16H31GeNOSSi/c1-17(2,3)15-7-8-16(19-15)21(4,5)14-6-9-18-10-12-20-13-11-18/h7-8H,6,9-14H2,1-5H3. The van der Waals surface area contributed by atoms with E-state index in [4.69, 9.17) is 4.42 Å². The predicted molar refractivity (Wildman–Crippen MR) is 102 cm³/mol. The molecule has 0 spiro atoms. The van der Waals surface area contributed by atoms with Crippen LogP contribution in [-0.4, -0.2) is 57.4 Å². The van der Waals surface area contributed by atoms with Crippen LogP contribution in [0.5, 0.6) is 0 Å². The monoisotopic (exact) mass is 387 g/mol. The summed E-state index contributed by atoms with van der Waals surface area (Å²) in [6, 6.07) is 5.91. The Hall–Kier alpha value is 0.350. The van der Waals surface area contributed by atoms with Crippen molar-refractivity contribution in [3.8, 4) is 0 Å². The van der Waals surface area contributed by atoms with Gasteiger partial charge in [0.2, 0.25) is 0 Å². The molecule has 1 aromatic heterocycles. The zero-order chi connectivity index (χ0) is 15.5. The van der Waals surface area contributed by atoms with Crippen LogP contribution in [0.2, 0.25) is 36.4 Å². The van der Waals surface area contributed by atoms with Crippen molar-refractivity contribution in [1.82, 2.24) is 4.90 Å². The van der Waals surface area contributed by atoms with Gasteiger partial charge in [0.05, 0.1) is 0 Å². The van der Waals surface area contributed by atoms with E-state index in [1.54, 1.807) is 0 Å². The van der Waals surface area contributed by atoms with E-state index in [1.807, 2.05) is 0 Å². The molecule has 1 aliphatic rings. The van der Waals surface area contributed by atoms with E-state index in [-0.39, 0.29) is 0 Å². The molecule has 5 heteroatoms. The first-order chi connectivity index (χ1) is 9.79. The van der Waals surface area contributed by atoms with Crippen molar-refractivity contribution in [2.45, 2.75) is 42.8 Å². The second kappa shape index (κ2) is 7.28. The third-order valence-corrected chi connectivity index (χ3v) is 12.2. The summed E-state index contributed by atoms with van der Waals surface area (Å²) in [4.78, 5) is 2.64. The Bertz CT molecular complexity index is 449. The average Bonchev–Trinajstić information content (AvgIpc) is 2.90. The van der Waals surface area contributed by atoms with Crippen LogP contribution in [0.4, 0.5) is 0 Å². The summed E-state index contributed by atoms with van der Waals surface area (Å²) in [6.07, 6.45) is 1.33. The van der Waals surface area contributed by atoms with Crippen LogP contribution < -0.4 is 9.98 Å². The molecule has 2 rings (SSSR count). The second-order valence-corrected chi connectivity index (χ2v) is 24.3. The maximum atomic E-state index is 6.28. The van der Waals surface area contributed by atoms with Gasteiger partial charge < -0.3 is 0 Å². The fourth-order valence-corrected chi connectivity index (χ4v) is 8.30. The third kappa shape index (κ3) is 5.19. The summed E-state index contributed by atoms with van der Waals surface area (Å²) in [5, 5.41) is 1.33. The number of hydrogen-bond acceptors (Lipinski definition) is 3. The summed E-state index contributed by atoms with van der Waals surface area (Å²) in [5.41, 5.74) is 0. The van der Waals surface area contributed by atoms with Crippen LogP contribution in [0.25, 0.3) is 0 Å². The summed E-state index contributed by atoms with van der Waals surface area (Å²) in [5.74, 6) is 9.86. The van der Waals surface area contributed by atoms with E-state index in [0.29, 0.717) is 0 Å². The molecule has 0 N–H and O–H groups in total. The first-order valence-corrected chi connectivity index (χ1v) is 19.9. The Morgan fingerprint density at radius 1 is 1.19 bits per heavy atom. The van der Waals surface area contributed by atoms with E-state index < -0.39 is 21.3 Å². The van der Waals surface area contributed by atoms with Crippen molar-refractivity contribution < 1.29 is 4.42 Å². The molecular formula is C16H31GeNOSSi. The van der Waals surface area contributed by atoms with Gasteiger partial charge in [-0.05, 0) is 0 Å². The number of hydrogen-bond donors (Lipinski definition) is 0. The van der Waals surface area contributed by atoms with E-state index in [9.17, 15) is 0 Å². The molecule has 120 valence electrons. The quantitative estimate of drug-likeness (QED) is 0.699. The SMILES string of the molecule is C[Si](C)(CCCN1CCSCC1)c1cc[c]([Ge]([CH3])([CH3])[CH3])o1. The van der Waals surface area contributed by atoms with Gasteiger partial charge in [0.25, 0.3) is 0 Å². The number of rotatable bonds is 6. The number of nitrogens with zero attached hydrogens (tertiary/aromatic N) is 1. The van der Waals surface area contributed by atoms with Crippen LogP contribution in [0, 0.1) is 0 Å². The van der Waals surface area contributed by atoms with Gasteiger partial charge >= 0.3 is 138 Å². The van der Waals surface area contributed by atoms with Crippen molar-refractivity contribution in [1.29, 1.82) is 0 Å². The van der Waals surface area contributed by atoms with E-state index in [2.05, 4.69) is 59.2 Å². The molecule has 1 aliphatic heterocycles. The van der Waals surface area contributed by atoms with Crippen molar-refractivity contribution in [3.63, 3.8) is 0 Å². The molecule has 0 radical (unpaired) electrons. The Morgan fingerprint density at radius 3 is 2.43 bits per heavy atom. The molecule has 1 saturated heterocycles. The van der Waals surface area contributed by atoms with Gasteiger partial charge in [-0.1, -0.05) is 0 Å². The summed E-state index contributed by atoms with van der Waals surface area (Å²) < 4.78 is 7.60. The molecule has 21 heavy (non-hydrogen) atoms. The van der Waals surface area contributed by atoms with Gasteiger partial charge in [-0.15, -0.1) is 0 Å². The number of thioether (sulfide) groups is 1. The van der Waals surface area contributed by atoms with Gasteiger partial charge in [0.15, 0.2) is 0 Å². The van der Waals surface area contributed by atoms with Gasteiger partial charge in [0, 0.05) is 0 Å². The zero-order valence-electron chi connectivity index (χ0n) is 14.4. The van der Waals surface area contributed by atoms with Crippen molar-refractivity contribution in [2.75, 3.05) is 31.1 Å². The topological polar surface area (TPSA) is 16.4 Å². The Labute approximate surface area is 138 Å². The molecule has 0 saturated carbocycles. The predicted octanol–water partition coefficient (Wildman–Crippen LogP) is 3.18. The van der Waals surface area contributed by atoms with E-state index in [0.717, 1.165) is 0 Å². The molecule has 2 heterocycles. The molecule has 1 fully saturated rings. The molecule has 0 aliphatic carbocycles. The van der Waals surface area contributed by atoms with Crippen LogP contribution >= 0.6 is 11.8 Å². The normalized spacial score (nSPS) is 18.1. The van der Waals surface area contributed by atoms with Crippen molar-refractivity contribution in [2.24, 2.45) is 0 Å². The number of furan rings is 1. The van der Waals surface area contributed by atoms with Gasteiger partial charge in [-0.25, -0.2) is 0 Å². The van der Waals surface area contributed by atoms with E-state index >= 15 is 0 Å². The van der Waals surface area contributed by atoms with Crippen molar-refractivity contribution >= 4 is 43.1 Å². The maximum absolute atomic E-state index is 6.28. The fraction of sp³-hybridized carbons (Fsp3) is 0.750. The van der Waals surface area contributed by atoms with Gasteiger partial charge in [-0.3, -0.25) is 0 Å².